The number of nitrogens with zero attached hydrogens (tertiary/aromatic N) is 1. The molecule has 0 spiro atoms. The standard InChI is InChI=1S/C14H26N2O/c1-11(2)10-16(12-6-3-4-7-12)14(17)13-8-5-9-15-13/h11-13,15H,3-10H2,1-2H3/t13-/m1/s1. The van der Waals surface area contributed by atoms with Crippen molar-refractivity contribution in [3.05, 3.63) is 0 Å². The molecule has 1 heterocycles. The Hall–Kier alpha value is -0.570. The highest BCUT2D eigenvalue weighted by atomic mass is 16.2. The Morgan fingerprint density at radius 2 is 1.94 bits per heavy atom. The van der Waals surface area contributed by atoms with Crippen molar-refractivity contribution >= 4 is 5.91 Å². The Morgan fingerprint density at radius 3 is 2.47 bits per heavy atom. The van der Waals surface area contributed by atoms with Crippen LogP contribution in [0.1, 0.15) is 52.4 Å². The highest BCUT2D eigenvalue weighted by molar-refractivity contribution is 5.82. The molecule has 0 radical (unpaired) electrons. The van der Waals surface area contributed by atoms with Crippen molar-refractivity contribution in [2.75, 3.05) is 13.1 Å². The number of hydrogen-bond donors (Lipinski definition) is 1. The first kappa shape index (κ1) is 12.9. The fourth-order valence-electron chi connectivity index (χ4n) is 3.12. The molecular weight excluding hydrogens is 212 g/mol. The van der Waals surface area contributed by atoms with Gasteiger partial charge in [0, 0.05) is 12.6 Å². The van der Waals surface area contributed by atoms with E-state index < -0.39 is 0 Å². The van der Waals surface area contributed by atoms with Crippen LogP contribution in [0.5, 0.6) is 0 Å². The third-order valence-corrected chi connectivity index (χ3v) is 3.97. The molecule has 0 aromatic rings. The number of carbonyl (C=O) groups is 1. The normalized spacial score (nSPS) is 25.7. The van der Waals surface area contributed by atoms with Gasteiger partial charge in [-0.25, -0.2) is 0 Å². The summed E-state index contributed by atoms with van der Waals surface area (Å²) >= 11 is 0. The van der Waals surface area contributed by atoms with Gasteiger partial charge in [0.1, 0.15) is 0 Å². The summed E-state index contributed by atoms with van der Waals surface area (Å²) in [6, 6.07) is 0.627. The molecular formula is C14H26N2O. The number of nitrogens with one attached hydrogen (secondary N) is 1. The summed E-state index contributed by atoms with van der Waals surface area (Å²) in [5.74, 6) is 0.934. The highest BCUT2D eigenvalue weighted by Crippen LogP contribution is 2.25. The maximum absolute atomic E-state index is 12.5. The molecule has 2 aliphatic rings. The van der Waals surface area contributed by atoms with Crippen molar-refractivity contribution in [2.45, 2.75) is 64.5 Å². The smallest absolute Gasteiger partial charge is 0.239 e. The summed E-state index contributed by atoms with van der Waals surface area (Å²) in [6.45, 7) is 6.35. The molecule has 1 atom stereocenters. The molecule has 0 aromatic heterocycles. The molecule has 3 nitrogen and oxygen atoms in total. The van der Waals surface area contributed by atoms with Crippen LogP contribution in [-0.4, -0.2) is 36.0 Å². The van der Waals surface area contributed by atoms with E-state index in [9.17, 15) is 4.79 Å². The van der Waals surface area contributed by atoms with E-state index in [1.807, 2.05) is 0 Å². The molecule has 0 unspecified atom stereocenters. The van der Waals surface area contributed by atoms with Crippen molar-refractivity contribution in [3.63, 3.8) is 0 Å². The van der Waals surface area contributed by atoms with Crippen LogP contribution in [-0.2, 0) is 4.79 Å². The zero-order chi connectivity index (χ0) is 12.3. The second kappa shape index (κ2) is 5.85. The number of rotatable bonds is 4. The first-order chi connectivity index (χ1) is 8.18. The maximum Gasteiger partial charge on any atom is 0.239 e. The molecule has 1 aliphatic heterocycles. The van der Waals surface area contributed by atoms with E-state index in [2.05, 4.69) is 24.1 Å². The minimum Gasteiger partial charge on any atom is -0.338 e. The predicted octanol–water partition coefficient (Wildman–Crippen LogP) is 2.17. The Bertz CT molecular complexity index is 253. The van der Waals surface area contributed by atoms with Crippen LogP contribution in [0.2, 0.25) is 0 Å². The molecule has 1 amide bonds. The van der Waals surface area contributed by atoms with E-state index in [-0.39, 0.29) is 6.04 Å². The maximum atomic E-state index is 12.5. The first-order valence-electron chi connectivity index (χ1n) is 7.22. The summed E-state index contributed by atoms with van der Waals surface area (Å²) in [5.41, 5.74) is 0. The quantitative estimate of drug-likeness (QED) is 0.814. The van der Waals surface area contributed by atoms with E-state index in [1.165, 1.54) is 25.7 Å². The summed E-state index contributed by atoms with van der Waals surface area (Å²) in [4.78, 5) is 14.7. The van der Waals surface area contributed by atoms with Crippen LogP contribution in [0, 0.1) is 5.92 Å². The van der Waals surface area contributed by atoms with E-state index in [1.54, 1.807) is 0 Å². The zero-order valence-corrected chi connectivity index (χ0v) is 11.2. The largest absolute Gasteiger partial charge is 0.338 e. The lowest BCUT2D eigenvalue weighted by molar-refractivity contribution is -0.136. The second-order valence-electron chi connectivity index (χ2n) is 5.97. The fourth-order valence-corrected chi connectivity index (χ4v) is 3.12. The van der Waals surface area contributed by atoms with E-state index in [4.69, 9.17) is 0 Å². The fraction of sp³-hybridized carbons (Fsp3) is 0.929. The molecule has 1 saturated heterocycles. The topological polar surface area (TPSA) is 32.3 Å². The van der Waals surface area contributed by atoms with Gasteiger partial charge in [0.25, 0.3) is 0 Å². The van der Waals surface area contributed by atoms with Crippen molar-refractivity contribution in [1.29, 1.82) is 0 Å². The molecule has 2 fully saturated rings. The van der Waals surface area contributed by atoms with E-state index >= 15 is 0 Å². The molecule has 0 bridgehead atoms. The van der Waals surface area contributed by atoms with Crippen LogP contribution in [0.3, 0.4) is 0 Å². The van der Waals surface area contributed by atoms with Gasteiger partial charge < -0.3 is 10.2 Å². The number of carbonyl (C=O) groups excluding carboxylic acids is 1. The number of amides is 1. The van der Waals surface area contributed by atoms with Gasteiger partial charge in [0.2, 0.25) is 5.91 Å². The van der Waals surface area contributed by atoms with E-state index in [0.717, 1.165) is 25.9 Å². The zero-order valence-electron chi connectivity index (χ0n) is 11.2. The minimum absolute atomic E-state index is 0.106. The van der Waals surface area contributed by atoms with Gasteiger partial charge in [-0.1, -0.05) is 26.7 Å². The second-order valence-corrected chi connectivity index (χ2v) is 5.97. The van der Waals surface area contributed by atoms with Crippen LogP contribution in [0.15, 0.2) is 0 Å². The number of hydrogen-bond acceptors (Lipinski definition) is 2. The minimum atomic E-state index is 0.106. The van der Waals surface area contributed by atoms with Gasteiger partial charge in [-0.2, -0.15) is 0 Å². The van der Waals surface area contributed by atoms with Crippen LogP contribution >= 0.6 is 0 Å². The van der Waals surface area contributed by atoms with Gasteiger partial charge in [-0.15, -0.1) is 0 Å². The van der Waals surface area contributed by atoms with Crippen molar-refractivity contribution in [3.8, 4) is 0 Å². The van der Waals surface area contributed by atoms with Gasteiger partial charge in [-0.3, -0.25) is 4.79 Å². The third kappa shape index (κ3) is 3.21. The SMILES string of the molecule is CC(C)CN(C(=O)[C@H]1CCCN1)C1CCCC1. The molecule has 3 heteroatoms. The molecule has 1 N–H and O–H groups in total. The third-order valence-electron chi connectivity index (χ3n) is 3.97. The van der Waals surface area contributed by atoms with Gasteiger partial charge >= 0.3 is 0 Å². The van der Waals surface area contributed by atoms with Crippen LogP contribution in [0.4, 0.5) is 0 Å². The Balaban J connectivity index is 1.99. The molecule has 98 valence electrons. The molecule has 0 aromatic carbocycles. The lowest BCUT2D eigenvalue weighted by Crippen LogP contribution is -2.49. The Labute approximate surface area is 105 Å². The summed E-state index contributed by atoms with van der Waals surface area (Å²) in [6.07, 6.45) is 7.20. The van der Waals surface area contributed by atoms with Crippen molar-refractivity contribution < 1.29 is 4.79 Å². The summed E-state index contributed by atoms with van der Waals surface area (Å²) in [7, 11) is 0. The molecule has 17 heavy (non-hydrogen) atoms. The molecule has 2 rings (SSSR count). The predicted molar refractivity (Wildman–Crippen MR) is 69.8 cm³/mol. The average molecular weight is 238 g/mol. The molecule has 1 saturated carbocycles. The lowest BCUT2D eigenvalue weighted by Gasteiger charge is -2.32. The van der Waals surface area contributed by atoms with E-state index in [0.29, 0.717) is 17.9 Å². The van der Waals surface area contributed by atoms with Crippen molar-refractivity contribution in [1.82, 2.24) is 10.2 Å². The van der Waals surface area contributed by atoms with Crippen LogP contribution < -0.4 is 5.32 Å². The summed E-state index contributed by atoms with van der Waals surface area (Å²) < 4.78 is 0. The lowest BCUT2D eigenvalue weighted by atomic mass is 10.1. The van der Waals surface area contributed by atoms with Crippen LogP contribution in [0.25, 0.3) is 0 Å². The molecule has 1 aliphatic carbocycles. The Kier molecular flexibility index (Phi) is 4.43. The monoisotopic (exact) mass is 238 g/mol. The van der Waals surface area contributed by atoms with Gasteiger partial charge in [0.15, 0.2) is 0 Å². The Morgan fingerprint density at radius 1 is 1.24 bits per heavy atom. The first-order valence-corrected chi connectivity index (χ1v) is 7.22. The average Bonchev–Trinajstić information content (AvgIpc) is 2.96. The van der Waals surface area contributed by atoms with Gasteiger partial charge in [0.05, 0.1) is 6.04 Å². The highest BCUT2D eigenvalue weighted by Gasteiger charge is 2.32. The van der Waals surface area contributed by atoms with Crippen molar-refractivity contribution in [2.24, 2.45) is 5.92 Å². The summed E-state index contributed by atoms with van der Waals surface area (Å²) in [5, 5.41) is 3.34. The van der Waals surface area contributed by atoms with Gasteiger partial charge in [-0.05, 0) is 38.1 Å².